The predicted molar refractivity (Wildman–Crippen MR) is 125 cm³/mol. The molecule has 1 amide bonds. The summed E-state index contributed by atoms with van der Waals surface area (Å²) in [5.74, 6) is -0.492. The Morgan fingerprint density at radius 1 is 1.06 bits per heavy atom. The van der Waals surface area contributed by atoms with Crippen LogP contribution in [-0.4, -0.2) is 32.9 Å². The first-order valence-electron chi connectivity index (χ1n) is 11.2. The third-order valence-electron chi connectivity index (χ3n) is 6.31. The Morgan fingerprint density at radius 2 is 1.79 bits per heavy atom. The van der Waals surface area contributed by atoms with Crippen LogP contribution in [0.2, 0.25) is 0 Å². The van der Waals surface area contributed by atoms with Crippen LogP contribution in [0.4, 0.5) is 0 Å². The smallest absolute Gasteiger partial charge is 0.342 e. The van der Waals surface area contributed by atoms with Crippen LogP contribution in [0.25, 0.3) is 0 Å². The molecule has 1 saturated carbocycles. The number of ether oxygens (including phenoxy) is 1. The molecule has 8 heteroatoms. The van der Waals surface area contributed by atoms with Crippen LogP contribution in [0.1, 0.15) is 54.6 Å². The van der Waals surface area contributed by atoms with Gasteiger partial charge in [-0.2, -0.15) is 8.42 Å². The second kappa shape index (κ2) is 10.4. The van der Waals surface area contributed by atoms with E-state index in [4.69, 9.17) is 8.92 Å². The third kappa shape index (κ3) is 6.13. The number of hydrogen-bond acceptors (Lipinski definition) is 6. The molecule has 3 rings (SSSR count). The number of nitrogens with one attached hydrogen (secondary N) is 1. The quantitative estimate of drug-likeness (QED) is 0.479. The molecule has 178 valence electrons. The van der Waals surface area contributed by atoms with E-state index in [1.165, 1.54) is 18.2 Å². The van der Waals surface area contributed by atoms with Crippen LogP contribution >= 0.6 is 0 Å². The normalized spacial score (nSPS) is 20.7. The Morgan fingerprint density at radius 3 is 2.55 bits per heavy atom. The molecule has 0 aromatic heterocycles. The highest BCUT2D eigenvalue weighted by Crippen LogP contribution is 2.29. The number of aryl methyl sites for hydroxylation is 2. The van der Waals surface area contributed by atoms with Crippen molar-refractivity contribution >= 4 is 22.0 Å². The van der Waals surface area contributed by atoms with Crippen molar-refractivity contribution < 1.29 is 26.9 Å². The largest absolute Gasteiger partial charge is 0.452 e. The van der Waals surface area contributed by atoms with Crippen LogP contribution in [0.3, 0.4) is 0 Å². The molecule has 2 aromatic carbocycles. The van der Waals surface area contributed by atoms with Crippen molar-refractivity contribution in [3.63, 3.8) is 0 Å². The minimum absolute atomic E-state index is 0.0286. The summed E-state index contributed by atoms with van der Waals surface area (Å²) in [5.41, 5.74) is 1.23. The lowest BCUT2D eigenvalue weighted by atomic mass is 9.78. The highest BCUT2D eigenvalue weighted by Gasteiger charge is 2.29. The zero-order valence-electron chi connectivity index (χ0n) is 19.5. The number of para-hydroxylation sites is 1. The average molecular weight is 474 g/mol. The molecule has 0 bridgehead atoms. The predicted octanol–water partition coefficient (Wildman–Crippen LogP) is 4.17. The molecular formula is C25H31NO6S. The molecule has 1 N–H and O–H groups in total. The number of carbonyl (C=O) groups excluding carboxylic acids is 2. The third-order valence-corrected chi connectivity index (χ3v) is 7.68. The standard InChI is InChI=1S/C25H31NO6S/c1-16-12-13-18(3)23(14-16)33(29,30)32-22-11-6-5-9-20(22)25(28)31-15-24(27)26-21-10-7-8-17(2)19(21)4/h5-6,9,11-14,17,19,21H,7-8,10,15H2,1-4H3,(H,26,27)/t17-,19+,21+/m0/s1. The number of amides is 1. The van der Waals surface area contributed by atoms with Crippen molar-refractivity contribution in [3.8, 4) is 5.75 Å². The van der Waals surface area contributed by atoms with Crippen molar-refractivity contribution in [3.05, 3.63) is 59.2 Å². The van der Waals surface area contributed by atoms with E-state index in [-0.39, 0.29) is 28.2 Å². The van der Waals surface area contributed by atoms with Crippen LogP contribution in [-0.2, 0) is 19.6 Å². The van der Waals surface area contributed by atoms with Gasteiger partial charge in [-0.05, 0) is 61.4 Å². The zero-order chi connectivity index (χ0) is 24.2. The number of benzene rings is 2. The van der Waals surface area contributed by atoms with Gasteiger partial charge in [0, 0.05) is 6.04 Å². The van der Waals surface area contributed by atoms with Crippen LogP contribution in [0.5, 0.6) is 5.75 Å². The maximum atomic E-state index is 12.9. The molecule has 7 nitrogen and oxygen atoms in total. The highest BCUT2D eigenvalue weighted by atomic mass is 32.2. The number of hydrogen-bond donors (Lipinski definition) is 1. The van der Waals surface area contributed by atoms with Gasteiger partial charge in [-0.1, -0.05) is 51.0 Å². The fraction of sp³-hybridized carbons (Fsp3) is 0.440. The van der Waals surface area contributed by atoms with Gasteiger partial charge in [0.1, 0.15) is 10.5 Å². The lowest BCUT2D eigenvalue weighted by Gasteiger charge is -2.34. The van der Waals surface area contributed by atoms with E-state index in [0.29, 0.717) is 17.4 Å². The summed E-state index contributed by atoms with van der Waals surface area (Å²) < 4.78 is 36.2. The van der Waals surface area contributed by atoms with E-state index in [1.807, 2.05) is 0 Å². The molecule has 0 heterocycles. The SMILES string of the molecule is Cc1ccc(C)c(S(=O)(=O)Oc2ccccc2C(=O)OCC(=O)N[C@@H]2CCC[C@H](C)[C@H]2C)c1. The van der Waals surface area contributed by atoms with Crippen molar-refractivity contribution in [2.24, 2.45) is 11.8 Å². The number of carbonyl (C=O) groups is 2. The molecular weight excluding hydrogens is 442 g/mol. The fourth-order valence-corrected chi connectivity index (χ4v) is 5.35. The van der Waals surface area contributed by atoms with Crippen LogP contribution < -0.4 is 9.50 Å². The first-order valence-corrected chi connectivity index (χ1v) is 12.6. The second-order valence-electron chi connectivity index (χ2n) is 8.82. The van der Waals surface area contributed by atoms with E-state index in [2.05, 4.69) is 19.2 Å². The lowest BCUT2D eigenvalue weighted by molar-refractivity contribution is -0.125. The Balaban J connectivity index is 1.68. The van der Waals surface area contributed by atoms with E-state index in [0.717, 1.165) is 24.8 Å². The molecule has 0 saturated heterocycles. The Hall–Kier alpha value is -2.87. The Labute approximate surface area is 195 Å². The van der Waals surface area contributed by atoms with Gasteiger partial charge in [0.2, 0.25) is 0 Å². The van der Waals surface area contributed by atoms with Gasteiger partial charge in [-0.3, -0.25) is 4.79 Å². The van der Waals surface area contributed by atoms with E-state index in [1.54, 1.807) is 38.1 Å². The van der Waals surface area contributed by atoms with E-state index >= 15 is 0 Å². The summed E-state index contributed by atoms with van der Waals surface area (Å²) in [5, 5.41) is 2.95. The van der Waals surface area contributed by atoms with Crippen molar-refractivity contribution in [1.29, 1.82) is 0 Å². The van der Waals surface area contributed by atoms with Gasteiger partial charge in [-0.25, -0.2) is 4.79 Å². The topological polar surface area (TPSA) is 98.8 Å². The zero-order valence-corrected chi connectivity index (χ0v) is 20.3. The van der Waals surface area contributed by atoms with E-state index in [9.17, 15) is 18.0 Å². The average Bonchev–Trinajstić information content (AvgIpc) is 2.77. The first-order chi connectivity index (χ1) is 15.6. The Kier molecular flexibility index (Phi) is 7.79. The molecule has 0 spiro atoms. The van der Waals surface area contributed by atoms with Gasteiger partial charge in [0.25, 0.3) is 5.91 Å². The monoisotopic (exact) mass is 473 g/mol. The summed E-state index contributed by atoms with van der Waals surface area (Å²) in [6.07, 6.45) is 3.10. The molecule has 1 fully saturated rings. The van der Waals surface area contributed by atoms with Gasteiger partial charge >= 0.3 is 16.1 Å². The van der Waals surface area contributed by atoms with Gasteiger partial charge in [-0.15, -0.1) is 0 Å². The fourth-order valence-electron chi connectivity index (χ4n) is 4.09. The van der Waals surface area contributed by atoms with Crippen LogP contribution in [0.15, 0.2) is 47.4 Å². The minimum Gasteiger partial charge on any atom is -0.452 e. The second-order valence-corrected chi connectivity index (χ2v) is 10.3. The molecule has 1 aliphatic rings. The van der Waals surface area contributed by atoms with Gasteiger partial charge in [0.05, 0.1) is 0 Å². The minimum atomic E-state index is -4.17. The van der Waals surface area contributed by atoms with Crippen molar-refractivity contribution in [1.82, 2.24) is 5.32 Å². The molecule has 1 aliphatic carbocycles. The lowest BCUT2D eigenvalue weighted by Crippen LogP contribution is -2.45. The number of esters is 1. The highest BCUT2D eigenvalue weighted by molar-refractivity contribution is 7.87. The van der Waals surface area contributed by atoms with E-state index < -0.39 is 22.7 Å². The first kappa shape index (κ1) is 24.8. The maximum absolute atomic E-state index is 12.9. The summed E-state index contributed by atoms with van der Waals surface area (Å²) in [6.45, 7) is 7.29. The van der Waals surface area contributed by atoms with Crippen LogP contribution in [0, 0.1) is 25.7 Å². The number of rotatable bonds is 7. The molecule has 33 heavy (non-hydrogen) atoms. The molecule has 3 atom stereocenters. The molecule has 0 radical (unpaired) electrons. The molecule has 0 unspecified atom stereocenters. The van der Waals surface area contributed by atoms with Crippen molar-refractivity contribution in [2.45, 2.75) is 57.9 Å². The van der Waals surface area contributed by atoms with Gasteiger partial charge < -0.3 is 14.2 Å². The summed E-state index contributed by atoms with van der Waals surface area (Å²) in [7, 11) is -4.17. The summed E-state index contributed by atoms with van der Waals surface area (Å²) >= 11 is 0. The molecule has 0 aliphatic heterocycles. The summed E-state index contributed by atoms with van der Waals surface area (Å²) in [6, 6.07) is 11.0. The maximum Gasteiger partial charge on any atom is 0.342 e. The Bertz CT molecular complexity index is 1130. The van der Waals surface area contributed by atoms with Gasteiger partial charge in [0.15, 0.2) is 12.4 Å². The molecule has 2 aromatic rings. The summed E-state index contributed by atoms with van der Waals surface area (Å²) in [4.78, 5) is 25.0. The van der Waals surface area contributed by atoms with Crippen molar-refractivity contribution in [2.75, 3.05) is 6.61 Å².